The average molecular weight is 381 g/mol. The van der Waals surface area contributed by atoms with E-state index >= 15 is 0 Å². The molecule has 1 heterocycles. The molecule has 0 unspecified atom stereocenters. The maximum absolute atomic E-state index is 12.5. The first-order valence-corrected chi connectivity index (χ1v) is 8.96. The molecule has 0 spiro atoms. The Balaban J connectivity index is 2.04. The van der Waals surface area contributed by atoms with E-state index in [1.54, 1.807) is 18.2 Å². The minimum absolute atomic E-state index is 0.00889. The number of esters is 1. The molecular weight excluding hydrogens is 362 g/mol. The number of thioether (sulfide) groups is 1. The lowest BCUT2D eigenvalue weighted by Gasteiger charge is -2.13. The number of hydrogen-bond acceptors (Lipinski definition) is 7. The van der Waals surface area contributed by atoms with Crippen molar-refractivity contribution in [2.24, 2.45) is 0 Å². The fourth-order valence-corrected chi connectivity index (χ4v) is 3.44. The molecule has 134 valence electrons. The first kappa shape index (κ1) is 19.3. The van der Waals surface area contributed by atoms with Crippen LogP contribution in [0.5, 0.6) is 11.5 Å². The molecule has 1 aliphatic heterocycles. The van der Waals surface area contributed by atoms with Crippen LogP contribution in [-0.4, -0.2) is 46.5 Å². The molecule has 0 atom stereocenters. The summed E-state index contributed by atoms with van der Waals surface area (Å²) in [5, 5.41) is 9.82. The SMILES string of the molecule is CCCOC(=O)CCN1C(=O)/C(=C/c2ccc(OC)c(O)c2)SC1=S. The minimum Gasteiger partial charge on any atom is -0.504 e. The van der Waals surface area contributed by atoms with Gasteiger partial charge in [0, 0.05) is 6.54 Å². The van der Waals surface area contributed by atoms with Gasteiger partial charge in [0.2, 0.25) is 0 Å². The van der Waals surface area contributed by atoms with E-state index in [0.717, 1.165) is 6.42 Å². The molecule has 1 aliphatic rings. The maximum Gasteiger partial charge on any atom is 0.307 e. The molecule has 25 heavy (non-hydrogen) atoms. The van der Waals surface area contributed by atoms with E-state index in [2.05, 4.69) is 0 Å². The number of carbonyl (C=O) groups excluding carboxylic acids is 2. The summed E-state index contributed by atoms with van der Waals surface area (Å²) in [6.45, 7) is 2.48. The Hall–Kier alpha value is -2.06. The fourth-order valence-electron chi connectivity index (χ4n) is 2.13. The van der Waals surface area contributed by atoms with Gasteiger partial charge in [-0.2, -0.15) is 0 Å². The zero-order valence-corrected chi connectivity index (χ0v) is 15.6. The lowest BCUT2D eigenvalue weighted by molar-refractivity contribution is -0.143. The molecule has 2 rings (SSSR count). The van der Waals surface area contributed by atoms with E-state index in [1.807, 2.05) is 6.92 Å². The highest BCUT2D eigenvalue weighted by Crippen LogP contribution is 2.34. The minimum atomic E-state index is -0.347. The van der Waals surface area contributed by atoms with Gasteiger partial charge in [0.1, 0.15) is 4.32 Å². The van der Waals surface area contributed by atoms with Crippen LogP contribution in [0.4, 0.5) is 0 Å². The van der Waals surface area contributed by atoms with Crippen molar-refractivity contribution in [1.29, 1.82) is 0 Å². The lowest BCUT2D eigenvalue weighted by atomic mass is 10.2. The number of amides is 1. The molecule has 6 nitrogen and oxygen atoms in total. The molecule has 0 aromatic heterocycles. The summed E-state index contributed by atoms with van der Waals surface area (Å²) in [5.74, 6) is -0.255. The Labute approximate surface area is 155 Å². The van der Waals surface area contributed by atoms with E-state index in [9.17, 15) is 14.7 Å². The molecule has 1 saturated heterocycles. The topological polar surface area (TPSA) is 76.1 Å². The predicted molar refractivity (Wildman–Crippen MR) is 100 cm³/mol. The van der Waals surface area contributed by atoms with Crippen LogP contribution >= 0.6 is 24.0 Å². The number of nitrogens with zero attached hydrogens (tertiary/aromatic N) is 1. The Bertz CT molecular complexity index is 717. The van der Waals surface area contributed by atoms with Gasteiger partial charge in [-0.05, 0) is 30.2 Å². The molecule has 1 aromatic carbocycles. The highest BCUT2D eigenvalue weighted by molar-refractivity contribution is 8.26. The van der Waals surface area contributed by atoms with E-state index in [0.29, 0.717) is 27.1 Å². The number of hydrogen-bond donors (Lipinski definition) is 1. The van der Waals surface area contributed by atoms with Gasteiger partial charge in [-0.15, -0.1) is 0 Å². The number of thiocarbonyl (C=S) groups is 1. The largest absolute Gasteiger partial charge is 0.504 e. The molecule has 1 aromatic rings. The summed E-state index contributed by atoms with van der Waals surface area (Å²) in [5.41, 5.74) is 0.654. The summed E-state index contributed by atoms with van der Waals surface area (Å²) in [6.07, 6.45) is 2.50. The summed E-state index contributed by atoms with van der Waals surface area (Å²) >= 11 is 6.39. The average Bonchev–Trinajstić information content (AvgIpc) is 2.85. The van der Waals surface area contributed by atoms with Gasteiger partial charge in [0.15, 0.2) is 11.5 Å². The number of phenols is 1. The van der Waals surface area contributed by atoms with Gasteiger partial charge in [-0.3, -0.25) is 14.5 Å². The Kier molecular flexibility index (Phi) is 6.83. The molecule has 8 heteroatoms. The second-order valence-electron chi connectivity index (χ2n) is 5.24. The van der Waals surface area contributed by atoms with Crippen molar-refractivity contribution >= 4 is 46.3 Å². The van der Waals surface area contributed by atoms with E-state index in [4.69, 9.17) is 21.7 Å². The van der Waals surface area contributed by atoms with Crippen molar-refractivity contribution in [2.45, 2.75) is 19.8 Å². The van der Waals surface area contributed by atoms with Crippen LogP contribution in [-0.2, 0) is 14.3 Å². The van der Waals surface area contributed by atoms with Crippen LogP contribution in [0.1, 0.15) is 25.3 Å². The molecule has 0 bridgehead atoms. The molecule has 0 radical (unpaired) electrons. The summed E-state index contributed by atoms with van der Waals surface area (Å²) in [6, 6.07) is 4.85. The first-order valence-electron chi connectivity index (χ1n) is 7.74. The Morgan fingerprint density at radius 1 is 1.44 bits per heavy atom. The van der Waals surface area contributed by atoms with Gasteiger partial charge < -0.3 is 14.6 Å². The van der Waals surface area contributed by atoms with Gasteiger partial charge >= 0.3 is 5.97 Å². The zero-order chi connectivity index (χ0) is 18.4. The van der Waals surface area contributed by atoms with Crippen molar-refractivity contribution < 1.29 is 24.2 Å². The summed E-state index contributed by atoms with van der Waals surface area (Å²) in [4.78, 5) is 25.9. The molecular formula is C17H19NO5S2. The van der Waals surface area contributed by atoms with Crippen LogP contribution < -0.4 is 4.74 Å². The van der Waals surface area contributed by atoms with Crippen molar-refractivity contribution in [3.8, 4) is 11.5 Å². The number of methoxy groups -OCH3 is 1. The second kappa shape index (κ2) is 8.87. The third kappa shape index (κ3) is 4.96. The predicted octanol–water partition coefficient (Wildman–Crippen LogP) is 2.95. The number of aromatic hydroxyl groups is 1. The molecule has 1 N–H and O–H groups in total. The van der Waals surface area contributed by atoms with E-state index in [1.165, 1.54) is 29.8 Å². The monoisotopic (exact) mass is 381 g/mol. The molecule has 1 fully saturated rings. The Morgan fingerprint density at radius 3 is 2.84 bits per heavy atom. The Morgan fingerprint density at radius 2 is 2.20 bits per heavy atom. The van der Waals surface area contributed by atoms with Crippen LogP contribution in [0.2, 0.25) is 0 Å². The maximum atomic E-state index is 12.5. The molecule has 0 saturated carbocycles. The van der Waals surface area contributed by atoms with Gasteiger partial charge in [-0.1, -0.05) is 37.0 Å². The lowest BCUT2D eigenvalue weighted by Crippen LogP contribution is -2.30. The number of benzene rings is 1. The summed E-state index contributed by atoms with van der Waals surface area (Å²) < 4.78 is 10.4. The van der Waals surface area contributed by atoms with Crippen LogP contribution in [0.15, 0.2) is 23.1 Å². The van der Waals surface area contributed by atoms with Gasteiger partial charge in [0.25, 0.3) is 5.91 Å². The van der Waals surface area contributed by atoms with Crippen LogP contribution in [0.25, 0.3) is 6.08 Å². The molecule has 1 amide bonds. The first-order chi connectivity index (χ1) is 12.0. The zero-order valence-electron chi connectivity index (χ0n) is 14.0. The van der Waals surface area contributed by atoms with Crippen molar-refractivity contribution in [3.63, 3.8) is 0 Å². The number of rotatable bonds is 7. The molecule has 0 aliphatic carbocycles. The smallest absolute Gasteiger partial charge is 0.307 e. The standard InChI is InChI=1S/C17H19NO5S2/c1-3-8-23-15(20)6-7-18-16(21)14(25-17(18)24)10-11-4-5-13(22-2)12(19)9-11/h4-5,9-10,19H,3,6-8H2,1-2H3/b14-10-. The van der Waals surface area contributed by atoms with Gasteiger partial charge in [-0.25, -0.2) is 0 Å². The normalized spacial score (nSPS) is 15.8. The summed E-state index contributed by atoms with van der Waals surface area (Å²) in [7, 11) is 1.46. The highest BCUT2D eigenvalue weighted by atomic mass is 32.2. The highest BCUT2D eigenvalue weighted by Gasteiger charge is 2.32. The van der Waals surface area contributed by atoms with E-state index in [-0.39, 0.29) is 30.6 Å². The number of ether oxygens (including phenoxy) is 2. The van der Waals surface area contributed by atoms with Gasteiger partial charge in [0.05, 0.1) is 25.0 Å². The number of phenolic OH excluding ortho intramolecular Hbond substituents is 1. The van der Waals surface area contributed by atoms with Crippen molar-refractivity contribution in [1.82, 2.24) is 4.90 Å². The second-order valence-corrected chi connectivity index (χ2v) is 6.91. The number of carbonyl (C=O) groups is 2. The van der Waals surface area contributed by atoms with Crippen molar-refractivity contribution in [2.75, 3.05) is 20.3 Å². The van der Waals surface area contributed by atoms with Crippen LogP contribution in [0.3, 0.4) is 0 Å². The van der Waals surface area contributed by atoms with E-state index < -0.39 is 0 Å². The third-order valence-corrected chi connectivity index (χ3v) is 4.76. The quantitative estimate of drug-likeness (QED) is 0.442. The third-order valence-electron chi connectivity index (χ3n) is 3.38. The van der Waals surface area contributed by atoms with Crippen LogP contribution in [0, 0.1) is 0 Å². The van der Waals surface area contributed by atoms with Crippen molar-refractivity contribution in [3.05, 3.63) is 28.7 Å². The fraction of sp³-hybridized carbons (Fsp3) is 0.353.